The van der Waals surface area contributed by atoms with Crippen LogP contribution < -0.4 is 16.0 Å². The molecule has 0 heterocycles. The van der Waals surface area contributed by atoms with Crippen LogP contribution in [-0.2, 0) is 25.5 Å². The molecule has 0 bridgehead atoms. The van der Waals surface area contributed by atoms with E-state index in [1.807, 2.05) is 30.3 Å². The number of hydrogen-bond acceptors (Lipinski definition) is 5. The van der Waals surface area contributed by atoms with Crippen molar-refractivity contribution in [2.45, 2.75) is 58.3 Å². The summed E-state index contributed by atoms with van der Waals surface area (Å²) < 4.78 is 5.19. The summed E-state index contributed by atoms with van der Waals surface area (Å²) in [5.74, 6) is -0.822. The van der Waals surface area contributed by atoms with Crippen LogP contribution in [0.5, 0.6) is 0 Å². The number of carbonyl (C=O) groups excluding carboxylic acids is 3. The molecule has 2 aromatic rings. The Morgan fingerprint density at radius 1 is 0.824 bits per heavy atom. The molecule has 0 saturated carbocycles. The van der Waals surface area contributed by atoms with Gasteiger partial charge in [-0.2, -0.15) is 0 Å². The van der Waals surface area contributed by atoms with Crippen LogP contribution in [0.1, 0.15) is 57.4 Å². The summed E-state index contributed by atoms with van der Waals surface area (Å²) in [6.45, 7) is 2.41. The Hall–Kier alpha value is -3.26. The first kappa shape index (κ1) is 27.0. The molecule has 0 aliphatic heterocycles. The predicted octanol–water partition coefficient (Wildman–Crippen LogP) is 4.97. The van der Waals surface area contributed by atoms with Crippen molar-refractivity contribution in [2.24, 2.45) is 0 Å². The number of hydrogen-bond donors (Lipinski definition) is 3. The zero-order valence-electron chi connectivity index (χ0n) is 19.6. The van der Waals surface area contributed by atoms with Crippen molar-refractivity contribution in [1.29, 1.82) is 0 Å². The van der Waals surface area contributed by atoms with Crippen LogP contribution >= 0.6 is 12.2 Å². The summed E-state index contributed by atoms with van der Waals surface area (Å²) in [7, 11) is 0. The molecule has 0 aliphatic rings. The Bertz CT molecular complexity index is 950. The highest BCUT2D eigenvalue weighted by atomic mass is 32.1. The van der Waals surface area contributed by atoms with Crippen molar-refractivity contribution in [2.75, 3.05) is 17.2 Å². The van der Waals surface area contributed by atoms with E-state index in [1.165, 1.54) is 5.56 Å². The summed E-state index contributed by atoms with van der Waals surface area (Å²) in [4.78, 5) is 35.9. The lowest BCUT2D eigenvalue weighted by Crippen LogP contribution is -2.34. The summed E-state index contributed by atoms with van der Waals surface area (Å²) in [5, 5.41) is 8.44. The molecule has 0 aromatic heterocycles. The van der Waals surface area contributed by atoms with Crippen LogP contribution in [0.3, 0.4) is 0 Å². The van der Waals surface area contributed by atoms with Crippen molar-refractivity contribution in [3.05, 3.63) is 60.2 Å². The molecule has 34 heavy (non-hydrogen) atoms. The minimum absolute atomic E-state index is 0.0146. The molecule has 2 aromatic carbocycles. The fourth-order valence-corrected chi connectivity index (χ4v) is 3.41. The Morgan fingerprint density at radius 3 is 2.29 bits per heavy atom. The molecule has 182 valence electrons. The number of esters is 1. The molecule has 2 rings (SSSR count). The molecular formula is C26H33N3O4S. The highest BCUT2D eigenvalue weighted by Gasteiger charge is 2.10. The van der Waals surface area contributed by atoms with E-state index in [4.69, 9.17) is 17.0 Å². The van der Waals surface area contributed by atoms with Crippen LogP contribution in [0.2, 0.25) is 0 Å². The van der Waals surface area contributed by atoms with E-state index in [-0.39, 0.29) is 29.8 Å². The summed E-state index contributed by atoms with van der Waals surface area (Å²) in [5.41, 5.74) is 2.48. The van der Waals surface area contributed by atoms with Crippen molar-refractivity contribution < 1.29 is 19.1 Å². The van der Waals surface area contributed by atoms with E-state index in [2.05, 4.69) is 22.9 Å². The maximum absolute atomic E-state index is 12.1. The number of nitrogens with one attached hydrogen (secondary N) is 3. The summed E-state index contributed by atoms with van der Waals surface area (Å²) >= 11 is 5.18. The van der Waals surface area contributed by atoms with E-state index in [1.54, 1.807) is 24.3 Å². The average molecular weight is 484 g/mol. The van der Waals surface area contributed by atoms with Crippen LogP contribution in [-0.4, -0.2) is 29.5 Å². The van der Waals surface area contributed by atoms with Gasteiger partial charge in [-0.15, -0.1) is 0 Å². The number of carbonyl (C=O) groups is 3. The van der Waals surface area contributed by atoms with Crippen molar-refractivity contribution in [3.63, 3.8) is 0 Å². The summed E-state index contributed by atoms with van der Waals surface area (Å²) in [6.07, 6.45) is 4.95. The zero-order chi connectivity index (χ0) is 24.6. The van der Waals surface area contributed by atoms with Gasteiger partial charge in [0.25, 0.3) is 0 Å². The lowest BCUT2D eigenvalue weighted by molar-refractivity contribution is -0.145. The molecule has 2 amide bonds. The summed E-state index contributed by atoms with van der Waals surface area (Å²) in [6, 6.07) is 17.1. The first-order chi connectivity index (χ1) is 16.5. The average Bonchev–Trinajstić information content (AvgIpc) is 2.81. The number of thiocarbonyl (C=S) groups is 1. The Labute approximate surface area is 206 Å². The lowest BCUT2D eigenvalue weighted by atomic mass is 10.1. The van der Waals surface area contributed by atoms with Gasteiger partial charge in [0.15, 0.2) is 5.11 Å². The van der Waals surface area contributed by atoms with Crippen LogP contribution in [0.15, 0.2) is 54.6 Å². The predicted molar refractivity (Wildman–Crippen MR) is 139 cm³/mol. The second-order valence-electron chi connectivity index (χ2n) is 7.90. The minimum Gasteiger partial charge on any atom is -0.466 e. The maximum Gasteiger partial charge on any atom is 0.306 e. The van der Waals surface area contributed by atoms with Gasteiger partial charge in [-0.1, -0.05) is 56.2 Å². The Balaban J connectivity index is 1.64. The highest BCUT2D eigenvalue weighted by molar-refractivity contribution is 7.80. The maximum atomic E-state index is 12.1. The number of unbranched alkanes of at least 4 members (excludes halogenated alkanes) is 2. The van der Waals surface area contributed by atoms with E-state index in [9.17, 15) is 14.4 Å². The fourth-order valence-electron chi connectivity index (χ4n) is 3.18. The molecule has 0 saturated heterocycles. The van der Waals surface area contributed by atoms with Gasteiger partial charge in [0, 0.05) is 24.2 Å². The third kappa shape index (κ3) is 11.6. The molecular weight excluding hydrogens is 450 g/mol. The Morgan fingerprint density at radius 2 is 1.56 bits per heavy atom. The second kappa shape index (κ2) is 15.6. The lowest BCUT2D eigenvalue weighted by Gasteiger charge is -2.11. The SMILES string of the molecule is CCCCCC(=O)Nc1cccc(NC(=S)NC(=O)CCC(=O)OCCCc2ccccc2)c1. The zero-order valence-corrected chi connectivity index (χ0v) is 20.4. The third-order valence-electron chi connectivity index (χ3n) is 4.94. The number of anilines is 2. The number of amides is 2. The normalized spacial score (nSPS) is 10.3. The van der Waals surface area contributed by atoms with Crippen LogP contribution in [0.4, 0.5) is 11.4 Å². The van der Waals surface area contributed by atoms with Gasteiger partial charge in [0.1, 0.15) is 0 Å². The standard InChI is InChI=1S/C26H33N3O4S/c1-2-3-5-15-23(30)27-21-13-8-14-22(19-21)28-26(34)29-24(31)16-17-25(32)33-18-9-12-20-10-6-4-7-11-20/h4,6-8,10-11,13-14,19H,2-3,5,9,12,15-18H2,1H3,(H,27,30)(H2,28,29,31,34). The topological polar surface area (TPSA) is 96.5 Å². The molecule has 7 nitrogen and oxygen atoms in total. The van der Waals surface area contributed by atoms with Crippen molar-refractivity contribution >= 4 is 46.5 Å². The van der Waals surface area contributed by atoms with Crippen molar-refractivity contribution in [3.8, 4) is 0 Å². The van der Waals surface area contributed by atoms with E-state index < -0.39 is 5.97 Å². The smallest absolute Gasteiger partial charge is 0.306 e. The van der Waals surface area contributed by atoms with E-state index in [0.29, 0.717) is 24.4 Å². The van der Waals surface area contributed by atoms with Gasteiger partial charge < -0.3 is 20.7 Å². The second-order valence-corrected chi connectivity index (χ2v) is 8.31. The first-order valence-electron chi connectivity index (χ1n) is 11.7. The quantitative estimate of drug-likeness (QED) is 0.211. The van der Waals surface area contributed by atoms with Gasteiger partial charge >= 0.3 is 5.97 Å². The van der Waals surface area contributed by atoms with Gasteiger partial charge in [0.2, 0.25) is 11.8 Å². The third-order valence-corrected chi connectivity index (χ3v) is 5.14. The monoisotopic (exact) mass is 483 g/mol. The highest BCUT2D eigenvalue weighted by Crippen LogP contribution is 2.16. The molecule has 8 heteroatoms. The van der Waals surface area contributed by atoms with Gasteiger partial charge in [0.05, 0.1) is 13.0 Å². The first-order valence-corrected chi connectivity index (χ1v) is 12.1. The van der Waals surface area contributed by atoms with Crippen molar-refractivity contribution in [1.82, 2.24) is 5.32 Å². The molecule has 0 fully saturated rings. The fraction of sp³-hybridized carbons (Fsp3) is 0.385. The molecule has 3 N–H and O–H groups in total. The molecule has 0 aliphatic carbocycles. The van der Waals surface area contributed by atoms with Crippen LogP contribution in [0.25, 0.3) is 0 Å². The molecule has 0 radical (unpaired) electrons. The van der Waals surface area contributed by atoms with E-state index in [0.717, 1.165) is 32.1 Å². The largest absolute Gasteiger partial charge is 0.466 e. The number of aryl methyl sites for hydroxylation is 1. The van der Waals surface area contributed by atoms with E-state index >= 15 is 0 Å². The minimum atomic E-state index is -0.413. The van der Waals surface area contributed by atoms with Gasteiger partial charge in [-0.25, -0.2) is 0 Å². The van der Waals surface area contributed by atoms with Gasteiger partial charge in [-0.05, 0) is 55.2 Å². The number of benzene rings is 2. The Kier molecular flexibility index (Phi) is 12.3. The molecule has 0 atom stereocenters. The van der Waals surface area contributed by atoms with Gasteiger partial charge in [-0.3, -0.25) is 14.4 Å². The number of rotatable bonds is 13. The van der Waals surface area contributed by atoms with Crippen LogP contribution in [0, 0.1) is 0 Å². The molecule has 0 spiro atoms. The number of ether oxygens (including phenoxy) is 1. The molecule has 0 unspecified atom stereocenters.